The standard InChI is InChI=1S/C13H20F3NO2/c14-13(15,16)11-4-2-1-3-10(11)12(19)17-7-5-9(18)6-8-17/h9-11,18H,1-8H2. The third kappa shape index (κ3) is 3.41. The van der Waals surface area contributed by atoms with Crippen molar-refractivity contribution in [3.8, 4) is 0 Å². The summed E-state index contributed by atoms with van der Waals surface area (Å²) in [5, 5.41) is 9.38. The lowest BCUT2D eigenvalue weighted by Crippen LogP contribution is -2.47. The number of piperidine rings is 1. The van der Waals surface area contributed by atoms with Gasteiger partial charge >= 0.3 is 6.18 Å². The molecule has 0 aromatic heterocycles. The first-order chi connectivity index (χ1) is 8.89. The maximum atomic E-state index is 13.0. The van der Waals surface area contributed by atoms with Crippen molar-refractivity contribution in [1.82, 2.24) is 4.90 Å². The number of amides is 1. The lowest BCUT2D eigenvalue weighted by Gasteiger charge is -2.37. The highest BCUT2D eigenvalue weighted by Crippen LogP contribution is 2.42. The molecule has 0 spiro atoms. The summed E-state index contributed by atoms with van der Waals surface area (Å²) < 4.78 is 38.9. The molecule has 6 heteroatoms. The average Bonchev–Trinajstić information content (AvgIpc) is 2.38. The minimum Gasteiger partial charge on any atom is -0.393 e. The normalized spacial score (nSPS) is 30.4. The molecule has 1 heterocycles. The van der Waals surface area contributed by atoms with Gasteiger partial charge in [-0.05, 0) is 25.7 Å². The Balaban J connectivity index is 2.03. The fourth-order valence-corrected chi connectivity index (χ4v) is 3.14. The van der Waals surface area contributed by atoms with Crippen LogP contribution in [0, 0.1) is 11.8 Å². The predicted molar refractivity (Wildman–Crippen MR) is 63.3 cm³/mol. The third-order valence-electron chi connectivity index (χ3n) is 4.28. The van der Waals surface area contributed by atoms with E-state index in [0.717, 1.165) is 0 Å². The number of alkyl halides is 3. The first kappa shape index (κ1) is 14.6. The summed E-state index contributed by atoms with van der Waals surface area (Å²) in [4.78, 5) is 13.8. The van der Waals surface area contributed by atoms with Crippen LogP contribution in [0.25, 0.3) is 0 Å². The molecule has 1 N–H and O–H groups in total. The van der Waals surface area contributed by atoms with Gasteiger partial charge in [-0.25, -0.2) is 0 Å². The number of likely N-dealkylation sites (tertiary alicyclic amines) is 1. The molecule has 1 saturated heterocycles. The Hall–Kier alpha value is -0.780. The van der Waals surface area contributed by atoms with Crippen molar-refractivity contribution in [3.63, 3.8) is 0 Å². The van der Waals surface area contributed by atoms with Crippen LogP contribution in [0.1, 0.15) is 38.5 Å². The number of aliphatic hydroxyl groups is 1. The highest BCUT2D eigenvalue weighted by Gasteiger charge is 2.49. The van der Waals surface area contributed by atoms with Gasteiger partial charge in [0.1, 0.15) is 0 Å². The topological polar surface area (TPSA) is 40.5 Å². The number of carbonyl (C=O) groups is 1. The number of rotatable bonds is 1. The van der Waals surface area contributed by atoms with Crippen molar-refractivity contribution in [2.75, 3.05) is 13.1 Å². The molecule has 110 valence electrons. The maximum absolute atomic E-state index is 13.0. The van der Waals surface area contributed by atoms with Crippen molar-refractivity contribution in [3.05, 3.63) is 0 Å². The van der Waals surface area contributed by atoms with Crippen molar-refractivity contribution in [2.24, 2.45) is 11.8 Å². The van der Waals surface area contributed by atoms with Gasteiger partial charge in [-0.2, -0.15) is 13.2 Å². The average molecular weight is 279 g/mol. The first-order valence-corrected chi connectivity index (χ1v) is 6.93. The summed E-state index contributed by atoms with van der Waals surface area (Å²) in [7, 11) is 0. The van der Waals surface area contributed by atoms with Crippen LogP contribution in [0.2, 0.25) is 0 Å². The zero-order valence-corrected chi connectivity index (χ0v) is 10.8. The van der Waals surface area contributed by atoms with E-state index in [9.17, 15) is 23.1 Å². The summed E-state index contributed by atoms with van der Waals surface area (Å²) >= 11 is 0. The Labute approximate surface area is 110 Å². The van der Waals surface area contributed by atoms with E-state index in [1.807, 2.05) is 0 Å². The van der Waals surface area contributed by atoms with Gasteiger partial charge in [-0.1, -0.05) is 12.8 Å². The van der Waals surface area contributed by atoms with Crippen LogP contribution in [-0.4, -0.2) is 41.3 Å². The quantitative estimate of drug-likeness (QED) is 0.800. The van der Waals surface area contributed by atoms with Crippen LogP contribution < -0.4 is 0 Å². The molecule has 2 aliphatic rings. The third-order valence-corrected chi connectivity index (χ3v) is 4.28. The van der Waals surface area contributed by atoms with E-state index >= 15 is 0 Å². The van der Waals surface area contributed by atoms with E-state index in [0.29, 0.717) is 45.2 Å². The van der Waals surface area contributed by atoms with Crippen molar-refractivity contribution >= 4 is 5.91 Å². The van der Waals surface area contributed by atoms with Gasteiger partial charge in [0.05, 0.1) is 12.0 Å². The maximum Gasteiger partial charge on any atom is 0.392 e. The number of nitrogens with zero attached hydrogens (tertiary/aromatic N) is 1. The number of halogens is 3. The molecule has 2 atom stereocenters. The molecule has 1 aliphatic heterocycles. The smallest absolute Gasteiger partial charge is 0.392 e. The Kier molecular flexibility index (Phi) is 4.38. The summed E-state index contributed by atoms with van der Waals surface area (Å²) in [6, 6.07) is 0. The Morgan fingerprint density at radius 3 is 2.21 bits per heavy atom. The van der Waals surface area contributed by atoms with Crippen LogP contribution >= 0.6 is 0 Å². The Bertz CT molecular complexity index is 324. The van der Waals surface area contributed by atoms with Gasteiger partial charge < -0.3 is 10.0 Å². The first-order valence-electron chi connectivity index (χ1n) is 6.93. The number of hydrogen-bond donors (Lipinski definition) is 1. The van der Waals surface area contributed by atoms with Crippen molar-refractivity contribution in [2.45, 2.75) is 50.8 Å². The molecule has 2 rings (SSSR count). The molecule has 1 aliphatic carbocycles. The van der Waals surface area contributed by atoms with Gasteiger partial charge in [0.15, 0.2) is 0 Å². The lowest BCUT2D eigenvalue weighted by molar-refractivity contribution is -0.201. The lowest BCUT2D eigenvalue weighted by atomic mass is 9.77. The SMILES string of the molecule is O=C(C1CCCCC1C(F)(F)F)N1CCC(O)CC1. The molecule has 0 aromatic rings. The van der Waals surface area contributed by atoms with E-state index < -0.39 is 24.1 Å². The number of carbonyl (C=O) groups excluding carboxylic acids is 1. The van der Waals surface area contributed by atoms with Gasteiger partial charge in [0, 0.05) is 19.0 Å². The van der Waals surface area contributed by atoms with Gasteiger partial charge in [0.2, 0.25) is 5.91 Å². The Morgan fingerprint density at radius 1 is 1.05 bits per heavy atom. The highest BCUT2D eigenvalue weighted by molar-refractivity contribution is 5.79. The van der Waals surface area contributed by atoms with Crippen LogP contribution in [0.5, 0.6) is 0 Å². The van der Waals surface area contributed by atoms with E-state index in [4.69, 9.17) is 0 Å². The van der Waals surface area contributed by atoms with Crippen LogP contribution in [-0.2, 0) is 4.79 Å². The molecule has 1 saturated carbocycles. The van der Waals surface area contributed by atoms with E-state index in [2.05, 4.69) is 0 Å². The predicted octanol–water partition coefficient (Wildman–Crippen LogP) is 2.34. The highest BCUT2D eigenvalue weighted by atomic mass is 19.4. The molecular formula is C13H20F3NO2. The van der Waals surface area contributed by atoms with E-state index in [1.165, 1.54) is 4.90 Å². The monoisotopic (exact) mass is 279 g/mol. The largest absolute Gasteiger partial charge is 0.393 e. The van der Waals surface area contributed by atoms with Crippen LogP contribution in [0.4, 0.5) is 13.2 Å². The summed E-state index contributed by atoms with van der Waals surface area (Å²) in [5.74, 6) is -2.77. The minimum absolute atomic E-state index is 0.0658. The summed E-state index contributed by atoms with van der Waals surface area (Å²) in [6.07, 6.45) is -2.13. The van der Waals surface area contributed by atoms with Crippen molar-refractivity contribution < 1.29 is 23.1 Å². The molecule has 0 radical (unpaired) electrons. The van der Waals surface area contributed by atoms with E-state index in [1.54, 1.807) is 0 Å². The molecule has 19 heavy (non-hydrogen) atoms. The molecule has 2 fully saturated rings. The van der Waals surface area contributed by atoms with E-state index in [-0.39, 0.29) is 12.3 Å². The Morgan fingerprint density at radius 2 is 1.63 bits per heavy atom. The summed E-state index contributed by atoms with van der Waals surface area (Å²) in [5.41, 5.74) is 0. The zero-order valence-electron chi connectivity index (χ0n) is 10.8. The van der Waals surface area contributed by atoms with Gasteiger partial charge in [-0.3, -0.25) is 4.79 Å². The number of hydrogen-bond acceptors (Lipinski definition) is 2. The van der Waals surface area contributed by atoms with Gasteiger partial charge in [0.25, 0.3) is 0 Å². The minimum atomic E-state index is -4.28. The second-order valence-electron chi connectivity index (χ2n) is 5.60. The fraction of sp³-hybridized carbons (Fsp3) is 0.923. The van der Waals surface area contributed by atoms with Crippen LogP contribution in [0.15, 0.2) is 0 Å². The molecule has 3 nitrogen and oxygen atoms in total. The van der Waals surface area contributed by atoms with Crippen molar-refractivity contribution in [1.29, 1.82) is 0 Å². The fourth-order valence-electron chi connectivity index (χ4n) is 3.14. The second kappa shape index (κ2) is 5.69. The molecular weight excluding hydrogens is 259 g/mol. The van der Waals surface area contributed by atoms with Gasteiger partial charge in [-0.15, -0.1) is 0 Å². The zero-order chi connectivity index (χ0) is 14.0. The molecule has 2 unspecified atom stereocenters. The second-order valence-corrected chi connectivity index (χ2v) is 5.60. The summed E-state index contributed by atoms with van der Waals surface area (Å²) in [6.45, 7) is 0.752. The number of aliphatic hydroxyl groups excluding tert-OH is 1. The molecule has 0 aromatic carbocycles. The molecule has 0 bridgehead atoms. The molecule has 1 amide bonds. The van der Waals surface area contributed by atoms with Crippen LogP contribution in [0.3, 0.4) is 0 Å².